The number of halogens is 1. The maximum Gasteiger partial charge on any atom is 0.264 e. The molecule has 4 nitrogen and oxygen atoms in total. The molecule has 23 heavy (non-hydrogen) atoms. The van der Waals surface area contributed by atoms with E-state index in [1.54, 1.807) is 29.2 Å². The van der Waals surface area contributed by atoms with Gasteiger partial charge < -0.3 is 4.90 Å². The third-order valence-electron chi connectivity index (χ3n) is 3.91. The fraction of sp³-hybridized carbons (Fsp3) is 0.312. The first-order chi connectivity index (χ1) is 10.9. The minimum absolute atomic E-state index is 0.00862. The Bertz CT molecular complexity index is 785. The molecular formula is C16H16FNO3S2. The monoisotopic (exact) mass is 353 g/mol. The molecule has 7 heteroatoms. The lowest BCUT2D eigenvalue weighted by Crippen LogP contribution is -2.40. The van der Waals surface area contributed by atoms with E-state index in [9.17, 15) is 17.6 Å². The van der Waals surface area contributed by atoms with E-state index in [2.05, 4.69) is 0 Å². The highest BCUT2D eigenvalue weighted by Gasteiger charge is 2.35. The average Bonchev–Trinajstić information content (AvgIpc) is 3.15. The van der Waals surface area contributed by atoms with Crippen LogP contribution in [0.2, 0.25) is 0 Å². The van der Waals surface area contributed by atoms with Gasteiger partial charge in [-0.05, 0) is 35.6 Å². The summed E-state index contributed by atoms with van der Waals surface area (Å²) in [4.78, 5) is 14.9. The Morgan fingerprint density at radius 2 is 2.00 bits per heavy atom. The first-order valence-corrected chi connectivity index (χ1v) is 9.94. The van der Waals surface area contributed by atoms with Crippen molar-refractivity contribution < 1.29 is 17.6 Å². The second-order valence-electron chi connectivity index (χ2n) is 5.59. The highest BCUT2D eigenvalue weighted by atomic mass is 32.2. The molecule has 3 rings (SSSR count). The minimum Gasteiger partial charge on any atom is -0.330 e. The third kappa shape index (κ3) is 3.79. The van der Waals surface area contributed by atoms with Crippen molar-refractivity contribution >= 4 is 27.1 Å². The van der Waals surface area contributed by atoms with E-state index in [1.807, 2.05) is 5.38 Å². The van der Waals surface area contributed by atoms with Gasteiger partial charge in [-0.2, -0.15) is 0 Å². The van der Waals surface area contributed by atoms with Crippen molar-refractivity contribution in [1.82, 2.24) is 4.90 Å². The van der Waals surface area contributed by atoms with Crippen LogP contribution in [0.4, 0.5) is 4.39 Å². The molecule has 1 aromatic carbocycles. The van der Waals surface area contributed by atoms with E-state index in [0.717, 1.165) is 5.56 Å². The van der Waals surface area contributed by atoms with E-state index in [-0.39, 0.29) is 35.8 Å². The van der Waals surface area contributed by atoms with E-state index >= 15 is 0 Å². The summed E-state index contributed by atoms with van der Waals surface area (Å²) in [6, 6.07) is 9.11. The smallest absolute Gasteiger partial charge is 0.264 e. The molecule has 0 bridgehead atoms. The molecule has 1 saturated heterocycles. The molecule has 0 saturated carbocycles. The van der Waals surface area contributed by atoms with E-state index in [4.69, 9.17) is 0 Å². The van der Waals surface area contributed by atoms with Crippen molar-refractivity contribution in [2.75, 3.05) is 11.5 Å². The van der Waals surface area contributed by atoms with Crippen LogP contribution in [0.15, 0.2) is 41.8 Å². The van der Waals surface area contributed by atoms with Gasteiger partial charge in [0.05, 0.1) is 16.4 Å². The Balaban J connectivity index is 1.87. The standard InChI is InChI=1S/C16H16FNO3S2/c17-13-5-3-12(4-6-13)10-18(14-7-9-23(20,21)11-14)16(19)15-2-1-8-22-15/h1-6,8,14H,7,9-11H2/t14-/m0/s1. The van der Waals surface area contributed by atoms with Crippen molar-refractivity contribution in [2.45, 2.75) is 19.0 Å². The van der Waals surface area contributed by atoms with Gasteiger partial charge in [0.1, 0.15) is 5.82 Å². The van der Waals surface area contributed by atoms with Gasteiger partial charge in [0.25, 0.3) is 5.91 Å². The summed E-state index contributed by atoms with van der Waals surface area (Å²) < 4.78 is 36.6. The molecule has 1 aromatic heterocycles. The molecule has 1 aliphatic heterocycles. The molecule has 1 aliphatic rings. The van der Waals surface area contributed by atoms with Gasteiger partial charge in [-0.15, -0.1) is 11.3 Å². The van der Waals surface area contributed by atoms with Crippen LogP contribution in [-0.2, 0) is 16.4 Å². The van der Waals surface area contributed by atoms with Crippen molar-refractivity contribution in [3.63, 3.8) is 0 Å². The maximum absolute atomic E-state index is 13.1. The van der Waals surface area contributed by atoms with Gasteiger partial charge in [-0.3, -0.25) is 4.79 Å². The Kier molecular flexibility index (Phi) is 4.50. The van der Waals surface area contributed by atoms with E-state index < -0.39 is 9.84 Å². The molecule has 0 spiro atoms. The number of hydrogen-bond acceptors (Lipinski definition) is 4. The molecule has 2 heterocycles. The number of thiophene rings is 1. The zero-order chi connectivity index (χ0) is 16.4. The molecular weight excluding hydrogens is 337 g/mol. The summed E-state index contributed by atoms with van der Waals surface area (Å²) in [5.41, 5.74) is 0.778. The number of amides is 1. The number of nitrogens with zero attached hydrogens (tertiary/aromatic N) is 1. The number of benzene rings is 1. The van der Waals surface area contributed by atoms with Crippen molar-refractivity contribution in [3.8, 4) is 0 Å². The van der Waals surface area contributed by atoms with Crippen LogP contribution < -0.4 is 0 Å². The molecule has 0 radical (unpaired) electrons. The van der Waals surface area contributed by atoms with Gasteiger partial charge in [-0.1, -0.05) is 18.2 Å². The lowest BCUT2D eigenvalue weighted by atomic mass is 10.1. The minimum atomic E-state index is -3.09. The molecule has 0 N–H and O–H groups in total. The molecule has 0 aliphatic carbocycles. The van der Waals surface area contributed by atoms with Crippen molar-refractivity contribution in [2.24, 2.45) is 0 Å². The molecule has 0 unspecified atom stereocenters. The summed E-state index contributed by atoms with van der Waals surface area (Å²) >= 11 is 1.33. The predicted octanol–water partition coefficient (Wildman–Crippen LogP) is 2.72. The van der Waals surface area contributed by atoms with Crippen LogP contribution in [-0.4, -0.2) is 36.8 Å². The second-order valence-corrected chi connectivity index (χ2v) is 8.77. The zero-order valence-corrected chi connectivity index (χ0v) is 13.9. The van der Waals surface area contributed by atoms with Crippen LogP contribution in [0, 0.1) is 5.82 Å². The fourth-order valence-corrected chi connectivity index (χ4v) is 5.13. The van der Waals surface area contributed by atoms with E-state index in [0.29, 0.717) is 11.3 Å². The summed E-state index contributed by atoms with van der Waals surface area (Å²) in [5.74, 6) is -0.416. The summed E-state index contributed by atoms with van der Waals surface area (Å²) in [6.07, 6.45) is 0.445. The topological polar surface area (TPSA) is 54.5 Å². The Morgan fingerprint density at radius 1 is 1.26 bits per heavy atom. The van der Waals surface area contributed by atoms with Crippen LogP contribution in [0.3, 0.4) is 0 Å². The number of rotatable bonds is 4. The second kappa shape index (κ2) is 6.41. The largest absolute Gasteiger partial charge is 0.330 e. The fourth-order valence-electron chi connectivity index (χ4n) is 2.72. The Labute approximate surface area is 138 Å². The van der Waals surface area contributed by atoms with Crippen LogP contribution >= 0.6 is 11.3 Å². The number of carbonyl (C=O) groups is 1. The molecule has 2 aromatic rings. The lowest BCUT2D eigenvalue weighted by Gasteiger charge is -2.28. The molecule has 1 fully saturated rings. The third-order valence-corrected chi connectivity index (χ3v) is 6.52. The first-order valence-electron chi connectivity index (χ1n) is 7.24. The summed E-state index contributed by atoms with van der Waals surface area (Å²) in [6.45, 7) is 0.275. The Hall–Kier alpha value is -1.73. The molecule has 1 atom stereocenters. The van der Waals surface area contributed by atoms with Gasteiger partial charge in [0, 0.05) is 12.6 Å². The number of carbonyl (C=O) groups excluding carboxylic acids is 1. The molecule has 122 valence electrons. The van der Waals surface area contributed by atoms with Gasteiger partial charge >= 0.3 is 0 Å². The summed E-state index contributed by atoms with van der Waals surface area (Å²) in [7, 11) is -3.09. The Morgan fingerprint density at radius 3 is 2.57 bits per heavy atom. The van der Waals surface area contributed by atoms with Crippen LogP contribution in [0.25, 0.3) is 0 Å². The zero-order valence-electron chi connectivity index (χ0n) is 12.3. The van der Waals surface area contributed by atoms with Crippen molar-refractivity contribution in [1.29, 1.82) is 0 Å². The molecule has 1 amide bonds. The van der Waals surface area contributed by atoms with Gasteiger partial charge in [0.15, 0.2) is 9.84 Å². The average molecular weight is 353 g/mol. The maximum atomic E-state index is 13.1. The van der Waals surface area contributed by atoms with Gasteiger partial charge in [-0.25, -0.2) is 12.8 Å². The highest BCUT2D eigenvalue weighted by molar-refractivity contribution is 7.91. The van der Waals surface area contributed by atoms with Gasteiger partial charge in [0.2, 0.25) is 0 Å². The van der Waals surface area contributed by atoms with Crippen LogP contribution in [0.1, 0.15) is 21.7 Å². The highest BCUT2D eigenvalue weighted by Crippen LogP contribution is 2.24. The first kappa shape index (κ1) is 16.1. The normalized spacial score (nSPS) is 19.6. The number of hydrogen-bond donors (Lipinski definition) is 0. The number of sulfone groups is 1. The lowest BCUT2D eigenvalue weighted by molar-refractivity contribution is 0.0686. The summed E-state index contributed by atoms with van der Waals surface area (Å²) in [5, 5.41) is 1.81. The SMILES string of the molecule is O=C(c1cccs1)N(Cc1ccc(F)cc1)[C@H]1CCS(=O)(=O)C1. The van der Waals surface area contributed by atoms with E-state index in [1.165, 1.54) is 23.5 Å². The van der Waals surface area contributed by atoms with Crippen molar-refractivity contribution in [3.05, 3.63) is 58.0 Å². The quantitative estimate of drug-likeness (QED) is 0.849. The van der Waals surface area contributed by atoms with Crippen LogP contribution in [0.5, 0.6) is 0 Å². The predicted molar refractivity (Wildman–Crippen MR) is 87.7 cm³/mol.